The zero-order chi connectivity index (χ0) is 22.3. The zero-order valence-electron chi connectivity index (χ0n) is 18.7. The first-order chi connectivity index (χ1) is 14.7. The van der Waals surface area contributed by atoms with Gasteiger partial charge < -0.3 is 19.8 Å². The molecule has 0 bridgehead atoms. The Morgan fingerprint density at radius 1 is 1.35 bits per heavy atom. The Bertz CT molecular complexity index is 1010. The largest absolute Gasteiger partial charge is 0.489 e. The zero-order valence-corrected chi connectivity index (χ0v) is 18.7. The van der Waals surface area contributed by atoms with Crippen molar-refractivity contribution in [1.29, 1.82) is 0 Å². The summed E-state index contributed by atoms with van der Waals surface area (Å²) in [5, 5.41) is 2.90. The van der Waals surface area contributed by atoms with Crippen molar-refractivity contribution in [3.63, 3.8) is 0 Å². The fourth-order valence-electron chi connectivity index (χ4n) is 4.33. The second-order valence-corrected chi connectivity index (χ2v) is 9.29. The molecule has 2 atom stereocenters. The number of rotatable bonds is 4. The van der Waals surface area contributed by atoms with Crippen LogP contribution in [-0.2, 0) is 11.2 Å². The number of amides is 2. The van der Waals surface area contributed by atoms with Crippen LogP contribution in [0.25, 0.3) is 11.3 Å². The van der Waals surface area contributed by atoms with E-state index >= 15 is 0 Å². The number of nitrogens with one attached hydrogen (secondary N) is 2. The Morgan fingerprint density at radius 2 is 2.13 bits per heavy atom. The molecular formula is C23H30N4O4. The standard InChI is InChI=1S/C23H30N4O4/c1-13-10-15(27(13)22(29)31-23(3,4)5)12-30-18-11-24-8-6-16(18)20-14(2)19-17(26-20)7-9-25-21(19)28/h6,8,11,13,15,26H,7,9-10,12H2,1-5H3,(H,25,28). The van der Waals surface area contributed by atoms with E-state index in [9.17, 15) is 9.59 Å². The first-order valence-electron chi connectivity index (χ1n) is 10.7. The summed E-state index contributed by atoms with van der Waals surface area (Å²) < 4.78 is 11.7. The third kappa shape index (κ3) is 4.11. The maximum absolute atomic E-state index is 12.5. The van der Waals surface area contributed by atoms with Crippen molar-refractivity contribution in [2.24, 2.45) is 0 Å². The molecule has 2 amide bonds. The number of carbonyl (C=O) groups excluding carboxylic acids is 2. The van der Waals surface area contributed by atoms with Crippen molar-refractivity contribution in [2.75, 3.05) is 13.2 Å². The number of aromatic nitrogens is 2. The topological polar surface area (TPSA) is 96.5 Å². The quantitative estimate of drug-likeness (QED) is 0.781. The van der Waals surface area contributed by atoms with Crippen LogP contribution >= 0.6 is 0 Å². The number of pyridine rings is 1. The van der Waals surface area contributed by atoms with E-state index in [4.69, 9.17) is 9.47 Å². The van der Waals surface area contributed by atoms with Gasteiger partial charge in [0.2, 0.25) is 0 Å². The molecule has 0 aliphatic carbocycles. The van der Waals surface area contributed by atoms with Crippen LogP contribution in [0.2, 0.25) is 0 Å². The predicted molar refractivity (Wildman–Crippen MR) is 116 cm³/mol. The predicted octanol–water partition coefficient (Wildman–Crippen LogP) is 3.45. The van der Waals surface area contributed by atoms with Crippen LogP contribution < -0.4 is 10.1 Å². The van der Waals surface area contributed by atoms with Gasteiger partial charge in [-0.2, -0.15) is 0 Å². The maximum Gasteiger partial charge on any atom is 0.410 e. The third-order valence-electron chi connectivity index (χ3n) is 5.79. The van der Waals surface area contributed by atoms with Crippen molar-refractivity contribution in [1.82, 2.24) is 20.2 Å². The molecule has 1 fully saturated rings. The number of aromatic amines is 1. The van der Waals surface area contributed by atoms with Gasteiger partial charge in [-0.25, -0.2) is 4.79 Å². The SMILES string of the molecule is Cc1c(-c2ccncc2OCC2CC(C)N2C(=O)OC(C)(C)C)[nH]c2c1C(=O)NCC2. The molecule has 166 valence electrons. The Kier molecular flexibility index (Phi) is 5.41. The number of carbonyl (C=O) groups is 2. The molecule has 8 nitrogen and oxygen atoms in total. The molecule has 2 aliphatic rings. The van der Waals surface area contributed by atoms with Gasteiger partial charge >= 0.3 is 6.09 Å². The highest BCUT2D eigenvalue weighted by atomic mass is 16.6. The van der Waals surface area contributed by atoms with Crippen molar-refractivity contribution in [2.45, 2.75) is 65.1 Å². The molecule has 8 heteroatoms. The van der Waals surface area contributed by atoms with Crippen LogP contribution in [0.3, 0.4) is 0 Å². The minimum absolute atomic E-state index is 0.0470. The lowest BCUT2D eigenvalue weighted by Crippen LogP contribution is -2.60. The summed E-state index contributed by atoms with van der Waals surface area (Å²) in [7, 11) is 0. The van der Waals surface area contributed by atoms with E-state index in [2.05, 4.69) is 15.3 Å². The van der Waals surface area contributed by atoms with E-state index in [0.29, 0.717) is 24.5 Å². The Labute approximate surface area is 182 Å². The third-order valence-corrected chi connectivity index (χ3v) is 5.79. The molecule has 31 heavy (non-hydrogen) atoms. The number of H-pyrrole nitrogens is 1. The molecule has 4 heterocycles. The van der Waals surface area contributed by atoms with Gasteiger partial charge in [0.25, 0.3) is 5.91 Å². The molecule has 2 unspecified atom stereocenters. The van der Waals surface area contributed by atoms with Crippen LogP contribution in [0.5, 0.6) is 5.75 Å². The smallest absolute Gasteiger partial charge is 0.410 e. The van der Waals surface area contributed by atoms with Gasteiger partial charge in [0.15, 0.2) is 0 Å². The molecule has 2 N–H and O–H groups in total. The van der Waals surface area contributed by atoms with Crippen molar-refractivity contribution >= 4 is 12.0 Å². The molecule has 1 saturated heterocycles. The molecule has 2 aromatic rings. The molecule has 0 spiro atoms. The van der Waals surface area contributed by atoms with Gasteiger partial charge in [-0.05, 0) is 52.7 Å². The lowest BCUT2D eigenvalue weighted by atomic mass is 9.95. The fraction of sp³-hybridized carbons (Fsp3) is 0.522. The summed E-state index contributed by atoms with van der Waals surface area (Å²) in [6.07, 6.45) is 4.69. The molecule has 0 saturated carbocycles. The average Bonchev–Trinajstić information content (AvgIpc) is 3.01. The Morgan fingerprint density at radius 3 is 2.81 bits per heavy atom. The second kappa shape index (κ2) is 7.90. The highest BCUT2D eigenvalue weighted by molar-refractivity contribution is 6.00. The number of nitrogens with zero attached hydrogens (tertiary/aromatic N) is 2. The van der Waals surface area contributed by atoms with Crippen LogP contribution in [0, 0.1) is 6.92 Å². The monoisotopic (exact) mass is 426 g/mol. The molecular weight excluding hydrogens is 396 g/mol. The van der Waals surface area contributed by atoms with Crippen LogP contribution in [0.4, 0.5) is 4.79 Å². The number of likely N-dealkylation sites (tertiary alicyclic amines) is 1. The molecule has 2 aromatic heterocycles. The molecule has 0 radical (unpaired) electrons. The van der Waals surface area contributed by atoms with Gasteiger partial charge in [-0.15, -0.1) is 0 Å². The summed E-state index contributed by atoms with van der Waals surface area (Å²) >= 11 is 0. The van der Waals surface area contributed by atoms with Gasteiger partial charge in [0.05, 0.1) is 23.5 Å². The van der Waals surface area contributed by atoms with E-state index in [0.717, 1.165) is 35.4 Å². The second-order valence-electron chi connectivity index (χ2n) is 9.29. The summed E-state index contributed by atoms with van der Waals surface area (Å²) in [6, 6.07) is 1.95. The summed E-state index contributed by atoms with van der Waals surface area (Å²) in [6.45, 7) is 10.5. The van der Waals surface area contributed by atoms with Crippen LogP contribution in [0.15, 0.2) is 18.5 Å². The fourth-order valence-corrected chi connectivity index (χ4v) is 4.33. The summed E-state index contributed by atoms with van der Waals surface area (Å²) in [5.74, 6) is 0.572. The van der Waals surface area contributed by atoms with E-state index in [1.807, 2.05) is 40.7 Å². The van der Waals surface area contributed by atoms with Gasteiger partial charge in [0, 0.05) is 36.5 Å². The van der Waals surface area contributed by atoms with Crippen LogP contribution in [-0.4, -0.2) is 57.7 Å². The number of ether oxygens (including phenoxy) is 2. The number of fused-ring (bicyclic) bond motifs is 1. The first kappa shape index (κ1) is 21.2. The highest BCUT2D eigenvalue weighted by Crippen LogP contribution is 2.35. The van der Waals surface area contributed by atoms with E-state index in [1.54, 1.807) is 17.3 Å². The van der Waals surface area contributed by atoms with Gasteiger partial charge in [0.1, 0.15) is 18.0 Å². The Hall–Kier alpha value is -3.03. The van der Waals surface area contributed by atoms with E-state index in [-0.39, 0.29) is 24.1 Å². The maximum atomic E-state index is 12.5. The molecule has 0 aromatic carbocycles. The lowest BCUT2D eigenvalue weighted by molar-refractivity contribution is -0.0374. The normalized spacial score (nSPS) is 20.5. The molecule has 2 aliphatic heterocycles. The number of hydrogen-bond donors (Lipinski definition) is 2. The van der Waals surface area contributed by atoms with Crippen molar-refractivity contribution in [3.8, 4) is 17.0 Å². The lowest BCUT2D eigenvalue weighted by Gasteiger charge is -2.46. The average molecular weight is 427 g/mol. The molecule has 4 rings (SSSR count). The summed E-state index contributed by atoms with van der Waals surface area (Å²) in [4.78, 5) is 34.2. The van der Waals surface area contributed by atoms with Gasteiger partial charge in [-0.1, -0.05) is 0 Å². The van der Waals surface area contributed by atoms with E-state index in [1.165, 1.54) is 0 Å². The summed E-state index contributed by atoms with van der Waals surface area (Å²) in [5.41, 5.74) is 3.74. The van der Waals surface area contributed by atoms with Crippen LogP contribution in [0.1, 0.15) is 55.7 Å². The first-order valence-corrected chi connectivity index (χ1v) is 10.7. The highest BCUT2D eigenvalue weighted by Gasteiger charge is 2.41. The van der Waals surface area contributed by atoms with Gasteiger partial charge in [-0.3, -0.25) is 14.7 Å². The Balaban J connectivity index is 1.52. The van der Waals surface area contributed by atoms with Crippen molar-refractivity contribution in [3.05, 3.63) is 35.3 Å². The van der Waals surface area contributed by atoms with Crippen molar-refractivity contribution < 1.29 is 19.1 Å². The van der Waals surface area contributed by atoms with E-state index < -0.39 is 5.60 Å². The minimum Gasteiger partial charge on any atom is -0.489 e. The number of hydrogen-bond acceptors (Lipinski definition) is 5. The minimum atomic E-state index is -0.537.